The summed E-state index contributed by atoms with van der Waals surface area (Å²) in [5, 5.41) is 3.57. The van der Waals surface area contributed by atoms with Crippen molar-refractivity contribution in [2.24, 2.45) is 0 Å². The van der Waals surface area contributed by atoms with E-state index < -0.39 is 10.8 Å². The summed E-state index contributed by atoms with van der Waals surface area (Å²) in [7, 11) is 2.85. The van der Waals surface area contributed by atoms with Crippen molar-refractivity contribution in [3.05, 3.63) is 35.4 Å². The van der Waals surface area contributed by atoms with Gasteiger partial charge in [0.15, 0.2) is 0 Å². The lowest BCUT2D eigenvalue weighted by atomic mass is 9.81. The lowest BCUT2D eigenvalue weighted by Crippen LogP contribution is -2.38. The van der Waals surface area contributed by atoms with E-state index in [-0.39, 0.29) is 11.3 Å². The van der Waals surface area contributed by atoms with Gasteiger partial charge in [-0.2, -0.15) is 0 Å². The van der Waals surface area contributed by atoms with Gasteiger partial charge in [-0.1, -0.05) is 31.2 Å². The first kappa shape index (κ1) is 15.7. The molecule has 1 aromatic carbocycles. The summed E-state index contributed by atoms with van der Waals surface area (Å²) < 4.78 is 17.7. The zero-order valence-electron chi connectivity index (χ0n) is 12.6. The second kappa shape index (κ2) is 7.34. The van der Waals surface area contributed by atoms with E-state index >= 15 is 0 Å². The van der Waals surface area contributed by atoms with Crippen molar-refractivity contribution in [3.8, 4) is 0 Å². The fourth-order valence-electron chi connectivity index (χ4n) is 3.15. The maximum atomic E-state index is 12.6. The molecule has 0 aromatic heterocycles. The Bertz CT molecular complexity index is 464. The normalized spacial score (nSPS) is 27.1. The average molecular weight is 295 g/mol. The van der Waals surface area contributed by atoms with Crippen molar-refractivity contribution in [1.29, 1.82) is 0 Å². The van der Waals surface area contributed by atoms with Crippen LogP contribution in [0.1, 0.15) is 42.9 Å². The smallest absolute Gasteiger partial charge is 0.0548 e. The third-order valence-corrected chi connectivity index (χ3v) is 5.99. The Kier molecular flexibility index (Phi) is 5.75. The summed E-state index contributed by atoms with van der Waals surface area (Å²) in [5.41, 5.74) is 2.72. The van der Waals surface area contributed by atoms with Crippen LogP contribution in [0, 0.1) is 0 Å². The van der Waals surface area contributed by atoms with E-state index in [4.69, 9.17) is 4.74 Å². The summed E-state index contributed by atoms with van der Waals surface area (Å²) in [6, 6.07) is 8.75. The Morgan fingerprint density at radius 1 is 1.35 bits per heavy atom. The summed E-state index contributed by atoms with van der Waals surface area (Å²) in [6.45, 7) is 2.93. The summed E-state index contributed by atoms with van der Waals surface area (Å²) in [4.78, 5) is 0. The minimum atomic E-state index is -0.808. The van der Waals surface area contributed by atoms with Gasteiger partial charge in [-0.05, 0) is 36.9 Å². The Balaban J connectivity index is 2.17. The molecule has 3 nitrogen and oxygen atoms in total. The van der Waals surface area contributed by atoms with Crippen LogP contribution in [0.15, 0.2) is 24.3 Å². The van der Waals surface area contributed by atoms with Gasteiger partial charge in [-0.25, -0.2) is 0 Å². The van der Waals surface area contributed by atoms with Crippen molar-refractivity contribution in [1.82, 2.24) is 5.32 Å². The lowest BCUT2D eigenvalue weighted by Gasteiger charge is -2.36. The molecule has 0 aliphatic heterocycles. The van der Waals surface area contributed by atoms with Gasteiger partial charge < -0.3 is 10.1 Å². The third-order valence-electron chi connectivity index (χ3n) is 4.16. The van der Waals surface area contributed by atoms with Crippen LogP contribution in [0.5, 0.6) is 0 Å². The van der Waals surface area contributed by atoms with Gasteiger partial charge in [-0.15, -0.1) is 0 Å². The minimum Gasteiger partial charge on any atom is -0.385 e. The highest BCUT2D eigenvalue weighted by atomic mass is 32.2. The standard InChI is InChI=1S/C16H25NO2S/c1-12-11-15(20(18)10-6-9-19-3)16(17-2)14-8-5-4-7-13(12)14/h4-5,7-8,12,15-17H,6,9-11H2,1-3H3. The van der Waals surface area contributed by atoms with Crippen LogP contribution in [0.4, 0.5) is 0 Å². The fraction of sp³-hybridized carbons (Fsp3) is 0.625. The first-order valence-corrected chi connectivity index (χ1v) is 8.69. The second-order valence-corrected chi connectivity index (χ2v) is 7.28. The van der Waals surface area contributed by atoms with Crippen LogP contribution < -0.4 is 5.32 Å². The highest BCUT2D eigenvalue weighted by molar-refractivity contribution is 7.85. The van der Waals surface area contributed by atoms with Gasteiger partial charge in [-0.3, -0.25) is 4.21 Å². The van der Waals surface area contributed by atoms with Crippen LogP contribution in [0.3, 0.4) is 0 Å². The van der Waals surface area contributed by atoms with E-state index in [0.29, 0.717) is 12.5 Å². The Morgan fingerprint density at radius 3 is 2.70 bits per heavy atom. The predicted octanol–water partition coefficient (Wildman–Crippen LogP) is 2.61. The molecule has 1 N–H and O–H groups in total. The number of ether oxygens (including phenoxy) is 1. The SMILES string of the molecule is CNC1c2ccccc2C(C)CC1S(=O)CCCOC. The maximum Gasteiger partial charge on any atom is 0.0548 e. The molecule has 1 aromatic rings. The van der Waals surface area contributed by atoms with Crippen LogP contribution in [-0.2, 0) is 15.5 Å². The monoisotopic (exact) mass is 295 g/mol. The molecule has 1 aliphatic rings. The first-order chi connectivity index (χ1) is 9.69. The van der Waals surface area contributed by atoms with Crippen LogP contribution in [0.2, 0.25) is 0 Å². The molecule has 112 valence electrons. The van der Waals surface area contributed by atoms with E-state index in [1.807, 2.05) is 7.05 Å². The van der Waals surface area contributed by atoms with Crippen LogP contribution in [0.25, 0.3) is 0 Å². The van der Waals surface area contributed by atoms with Crippen molar-refractivity contribution in [2.75, 3.05) is 26.5 Å². The molecule has 2 rings (SSSR count). The molecule has 0 fully saturated rings. The number of nitrogens with one attached hydrogen (secondary N) is 1. The zero-order valence-corrected chi connectivity index (χ0v) is 13.4. The van der Waals surface area contributed by atoms with Gasteiger partial charge in [0.05, 0.1) is 5.25 Å². The van der Waals surface area contributed by atoms with E-state index in [9.17, 15) is 4.21 Å². The highest BCUT2D eigenvalue weighted by Crippen LogP contribution is 2.39. The van der Waals surface area contributed by atoms with Gasteiger partial charge >= 0.3 is 0 Å². The summed E-state index contributed by atoms with van der Waals surface area (Å²) in [5.74, 6) is 1.21. The molecule has 4 atom stereocenters. The molecule has 0 radical (unpaired) electrons. The summed E-state index contributed by atoms with van der Waals surface area (Å²) in [6.07, 6.45) is 1.86. The molecule has 4 unspecified atom stereocenters. The molecule has 0 saturated heterocycles. The van der Waals surface area contributed by atoms with Crippen molar-refractivity contribution >= 4 is 10.8 Å². The lowest BCUT2D eigenvalue weighted by molar-refractivity contribution is 0.200. The van der Waals surface area contributed by atoms with Gasteiger partial charge in [0.25, 0.3) is 0 Å². The van der Waals surface area contributed by atoms with E-state index in [0.717, 1.165) is 18.6 Å². The topological polar surface area (TPSA) is 38.3 Å². The molecule has 1 aliphatic carbocycles. The molecule has 0 saturated carbocycles. The second-order valence-electron chi connectivity index (χ2n) is 5.50. The number of benzene rings is 1. The van der Waals surface area contributed by atoms with Gasteiger partial charge in [0, 0.05) is 36.3 Å². The highest BCUT2D eigenvalue weighted by Gasteiger charge is 2.35. The Morgan fingerprint density at radius 2 is 2.05 bits per heavy atom. The number of methoxy groups -OCH3 is 1. The number of hydrogen-bond acceptors (Lipinski definition) is 3. The number of hydrogen-bond donors (Lipinski definition) is 1. The largest absolute Gasteiger partial charge is 0.385 e. The quantitative estimate of drug-likeness (QED) is 0.820. The molecule has 0 bridgehead atoms. The minimum absolute atomic E-state index is 0.196. The Hall–Kier alpha value is -0.710. The van der Waals surface area contributed by atoms with E-state index in [1.54, 1.807) is 7.11 Å². The molecule has 20 heavy (non-hydrogen) atoms. The van der Waals surface area contributed by atoms with Gasteiger partial charge in [0.2, 0.25) is 0 Å². The van der Waals surface area contributed by atoms with Crippen LogP contribution >= 0.6 is 0 Å². The van der Waals surface area contributed by atoms with E-state index in [2.05, 4.69) is 36.5 Å². The molecular weight excluding hydrogens is 270 g/mol. The summed E-state index contributed by atoms with van der Waals surface area (Å²) >= 11 is 0. The van der Waals surface area contributed by atoms with Gasteiger partial charge in [0.1, 0.15) is 0 Å². The zero-order chi connectivity index (χ0) is 14.5. The number of rotatable bonds is 6. The van der Waals surface area contributed by atoms with E-state index in [1.165, 1.54) is 11.1 Å². The molecule has 4 heteroatoms. The maximum absolute atomic E-state index is 12.6. The predicted molar refractivity (Wildman–Crippen MR) is 84.6 cm³/mol. The molecule has 0 spiro atoms. The number of fused-ring (bicyclic) bond motifs is 1. The average Bonchev–Trinajstić information content (AvgIpc) is 2.47. The van der Waals surface area contributed by atoms with Crippen molar-refractivity contribution < 1.29 is 8.95 Å². The third kappa shape index (κ3) is 3.30. The Labute approximate surface area is 124 Å². The molecular formula is C16H25NO2S. The van der Waals surface area contributed by atoms with Crippen molar-refractivity contribution in [3.63, 3.8) is 0 Å². The van der Waals surface area contributed by atoms with Crippen LogP contribution in [-0.4, -0.2) is 36.0 Å². The first-order valence-electron chi connectivity index (χ1n) is 7.31. The van der Waals surface area contributed by atoms with Crippen molar-refractivity contribution in [2.45, 2.75) is 37.0 Å². The molecule has 0 amide bonds. The molecule has 0 heterocycles. The fourth-order valence-corrected chi connectivity index (χ4v) is 4.95.